The third-order valence-corrected chi connectivity index (χ3v) is 3.23. The van der Waals surface area contributed by atoms with Gasteiger partial charge in [-0.1, -0.05) is 17.7 Å². The number of hydrogen-bond donors (Lipinski definition) is 2. The Labute approximate surface area is 128 Å². The molecule has 0 radical (unpaired) electrons. The standard InChI is InChI=1S/C15H16ClN3O2/c16-14-8-12(4-6-18-14)15(21)19-9-11(10-20)7-13-3-1-2-5-17-13/h1-6,8,11,20H,7,9-10H2,(H,19,21). The Morgan fingerprint density at radius 2 is 2.14 bits per heavy atom. The molecule has 2 aromatic rings. The van der Waals surface area contributed by atoms with Crippen LogP contribution < -0.4 is 5.32 Å². The quantitative estimate of drug-likeness (QED) is 0.797. The molecular formula is C15H16ClN3O2. The van der Waals surface area contributed by atoms with Crippen molar-refractivity contribution < 1.29 is 9.90 Å². The van der Waals surface area contributed by atoms with E-state index in [0.29, 0.717) is 18.5 Å². The smallest absolute Gasteiger partial charge is 0.251 e. The molecule has 5 nitrogen and oxygen atoms in total. The summed E-state index contributed by atoms with van der Waals surface area (Å²) >= 11 is 5.75. The maximum absolute atomic E-state index is 12.0. The Bertz CT molecular complexity index is 592. The van der Waals surface area contributed by atoms with Crippen LogP contribution in [0.25, 0.3) is 0 Å². The second-order valence-electron chi connectivity index (χ2n) is 4.65. The van der Waals surface area contributed by atoms with Gasteiger partial charge in [-0.3, -0.25) is 9.78 Å². The third kappa shape index (κ3) is 4.81. The number of hydrogen-bond acceptors (Lipinski definition) is 4. The highest BCUT2D eigenvalue weighted by atomic mass is 35.5. The van der Waals surface area contributed by atoms with Crippen LogP contribution in [-0.4, -0.2) is 34.1 Å². The van der Waals surface area contributed by atoms with Crippen molar-refractivity contribution in [2.24, 2.45) is 5.92 Å². The van der Waals surface area contributed by atoms with E-state index in [1.165, 1.54) is 12.3 Å². The molecular weight excluding hydrogens is 290 g/mol. The van der Waals surface area contributed by atoms with E-state index >= 15 is 0 Å². The van der Waals surface area contributed by atoms with Gasteiger partial charge in [-0.05, 0) is 30.7 Å². The lowest BCUT2D eigenvalue weighted by atomic mass is 10.0. The summed E-state index contributed by atoms with van der Waals surface area (Å²) in [6.45, 7) is 0.347. The van der Waals surface area contributed by atoms with Crippen LogP contribution in [0, 0.1) is 5.92 Å². The Morgan fingerprint density at radius 1 is 1.29 bits per heavy atom. The highest BCUT2D eigenvalue weighted by Gasteiger charge is 2.12. The lowest BCUT2D eigenvalue weighted by molar-refractivity contribution is 0.0939. The minimum Gasteiger partial charge on any atom is -0.396 e. The number of aliphatic hydroxyl groups is 1. The maximum atomic E-state index is 12.0. The first-order valence-electron chi connectivity index (χ1n) is 6.59. The first-order valence-corrected chi connectivity index (χ1v) is 6.97. The number of rotatable bonds is 6. The highest BCUT2D eigenvalue weighted by molar-refractivity contribution is 6.29. The van der Waals surface area contributed by atoms with Gasteiger partial charge >= 0.3 is 0 Å². The maximum Gasteiger partial charge on any atom is 0.251 e. The molecule has 0 fully saturated rings. The van der Waals surface area contributed by atoms with Crippen molar-refractivity contribution in [2.75, 3.05) is 13.2 Å². The zero-order valence-corrected chi connectivity index (χ0v) is 12.1. The van der Waals surface area contributed by atoms with E-state index in [9.17, 15) is 9.90 Å². The molecule has 2 aromatic heterocycles. The summed E-state index contributed by atoms with van der Waals surface area (Å²) in [7, 11) is 0. The molecule has 0 aliphatic rings. The van der Waals surface area contributed by atoms with Crippen molar-refractivity contribution >= 4 is 17.5 Å². The highest BCUT2D eigenvalue weighted by Crippen LogP contribution is 2.08. The Morgan fingerprint density at radius 3 is 2.81 bits per heavy atom. The number of carbonyl (C=O) groups excluding carboxylic acids is 1. The zero-order chi connectivity index (χ0) is 15.1. The number of halogens is 1. The molecule has 1 amide bonds. The third-order valence-electron chi connectivity index (χ3n) is 3.02. The molecule has 0 saturated carbocycles. The second-order valence-corrected chi connectivity index (χ2v) is 5.04. The van der Waals surface area contributed by atoms with E-state index in [4.69, 9.17) is 11.6 Å². The zero-order valence-electron chi connectivity index (χ0n) is 11.4. The number of aliphatic hydroxyl groups excluding tert-OH is 1. The largest absolute Gasteiger partial charge is 0.396 e. The van der Waals surface area contributed by atoms with Crippen molar-refractivity contribution in [3.8, 4) is 0 Å². The number of carbonyl (C=O) groups is 1. The van der Waals surface area contributed by atoms with E-state index in [1.54, 1.807) is 12.3 Å². The van der Waals surface area contributed by atoms with Gasteiger partial charge in [0.25, 0.3) is 5.91 Å². The lowest BCUT2D eigenvalue weighted by Gasteiger charge is -2.14. The van der Waals surface area contributed by atoms with Crippen LogP contribution in [0.5, 0.6) is 0 Å². The molecule has 21 heavy (non-hydrogen) atoms. The van der Waals surface area contributed by atoms with E-state index in [2.05, 4.69) is 15.3 Å². The van der Waals surface area contributed by atoms with Gasteiger partial charge in [0.05, 0.1) is 0 Å². The summed E-state index contributed by atoms with van der Waals surface area (Å²) in [5, 5.41) is 12.5. The van der Waals surface area contributed by atoms with Crippen molar-refractivity contribution in [1.29, 1.82) is 0 Å². The minimum absolute atomic E-state index is 0.0199. The number of amides is 1. The molecule has 1 atom stereocenters. The van der Waals surface area contributed by atoms with Gasteiger partial charge < -0.3 is 10.4 Å². The molecule has 0 spiro atoms. The van der Waals surface area contributed by atoms with Gasteiger partial charge in [-0.15, -0.1) is 0 Å². The molecule has 1 unspecified atom stereocenters. The first kappa shape index (κ1) is 15.4. The molecule has 2 rings (SSSR count). The SMILES string of the molecule is O=C(NCC(CO)Cc1ccccn1)c1ccnc(Cl)c1. The van der Waals surface area contributed by atoms with Gasteiger partial charge in [-0.2, -0.15) is 0 Å². The summed E-state index contributed by atoms with van der Waals surface area (Å²) in [4.78, 5) is 20.0. The van der Waals surface area contributed by atoms with Crippen LogP contribution >= 0.6 is 11.6 Å². The van der Waals surface area contributed by atoms with Crippen molar-refractivity contribution in [3.05, 3.63) is 59.1 Å². The Balaban J connectivity index is 1.89. The average molecular weight is 306 g/mol. The number of nitrogens with zero attached hydrogens (tertiary/aromatic N) is 2. The molecule has 2 N–H and O–H groups in total. The fourth-order valence-electron chi connectivity index (χ4n) is 1.90. The van der Waals surface area contributed by atoms with Gasteiger partial charge in [0, 0.05) is 42.7 Å². The van der Waals surface area contributed by atoms with Gasteiger partial charge in [-0.25, -0.2) is 4.98 Å². The number of aromatic nitrogens is 2. The van der Waals surface area contributed by atoms with E-state index in [-0.39, 0.29) is 23.6 Å². The molecule has 110 valence electrons. The monoisotopic (exact) mass is 305 g/mol. The summed E-state index contributed by atoms with van der Waals surface area (Å²) in [5.74, 6) is -0.320. The molecule has 2 heterocycles. The first-order chi connectivity index (χ1) is 10.2. The second kappa shape index (κ2) is 7.71. The number of nitrogens with one attached hydrogen (secondary N) is 1. The van der Waals surface area contributed by atoms with Crippen molar-refractivity contribution in [2.45, 2.75) is 6.42 Å². The molecule has 0 aliphatic carbocycles. The summed E-state index contributed by atoms with van der Waals surface area (Å²) in [6, 6.07) is 8.73. The van der Waals surface area contributed by atoms with E-state index in [1.807, 2.05) is 18.2 Å². The summed E-state index contributed by atoms with van der Waals surface area (Å²) in [6.07, 6.45) is 3.80. The topological polar surface area (TPSA) is 75.1 Å². The van der Waals surface area contributed by atoms with Crippen LogP contribution in [0.15, 0.2) is 42.7 Å². The normalized spacial score (nSPS) is 11.9. The molecule has 0 saturated heterocycles. The lowest BCUT2D eigenvalue weighted by Crippen LogP contribution is -2.32. The van der Waals surface area contributed by atoms with Crippen LogP contribution in [0.1, 0.15) is 16.1 Å². The summed E-state index contributed by atoms with van der Waals surface area (Å²) in [5.41, 5.74) is 1.34. The van der Waals surface area contributed by atoms with E-state index in [0.717, 1.165) is 5.69 Å². The van der Waals surface area contributed by atoms with E-state index < -0.39 is 0 Å². The van der Waals surface area contributed by atoms with Crippen LogP contribution in [-0.2, 0) is 6.42 Å². The van der Waals surface area contributed by atoms with Gasteiger partial charge in [0.1, 0.15) is 5.15 Å². The van der Waals surface area contributed by atoms with Gasteiger partial charge in [0.2, 0.25) is 0 Å². The molecule has 0 aliphatic heterocycles. The van der Waals surface area contributed by atoms with Crippen LogP contribution in [0.4, 0.5) is 0 Å². The fourth-order valence-corrected chi connectivity index (χ4v) is 2.07. The Kier molecular flexibility index (Phi) is 5.66. The molecule has 0 bridgehead atoms. The summed E-state index contributed by atoms with van der Waals surface area (Å²) < 4.78 is 0. The van der Waals surface area contributed by atoms with Gasteiger partial charge in [0.15, 0.2) is 0 Å². The average Bonchev–Trinajstić information content (AvgIpc) is 2.52. The van der Waals surface area contributed by atoms with Crippen molar-refractivity contribution in [3.63, 3.8) is 0 Å². The van der Waals surface area contributed by atoms with Crippen LogP contribution in [0.3, 0.4) is 0 Å². The predicted molar refractivity (Wildman–Crippen MR) is 80.1 cm³/mol. The molecule has 0 aromatic carbocycles. The van der Waals surface area contributed by atoms with Crippen molar-refractivity contribution in [1.82, 2.24) is 15.3 Å². The minimum atomic E-state index is -0.237. The Hall–Kier alpha value is -1.98. The molecule has 6 heteroatoms. The predicted octanol–water partition coefficient (Wildman–Crippen LogP) is 1.71. The number of pyridine rings is 2. The fraction of sp³-hybridized carbons (Fsp3) is 0.267. The van der Waals surface area contributed by atoms with Crippen LogP contribution in [0.2, 0.25) is 5.15 Å².